The largest absolute Gasteiger partial charge is 0.472 e. The standard InChI is InChI=1S/C17H21N3O4/c21-15-14(8-18-17(23)19-15)10-20(9-12-4-2-1-3-5-12)16(22)13-6-7-24-11-13/h6-8,11-12H,1-5,9-10H2,(H2,18,19,21,23). The summed E-state index contributed by atoms with van der Waals surface area (Å²) in [6, 6.07) is 1.62. The van der Waals surface area contributed by atoms with Crippen molar-refractivity contribution in [1.82, 2.24) is 14.9 Å². The second-order valence-electron chi connectivity index (χ2n) is 6.30. The fraction of sp³-hybridized carbons (Fsp3) is 0.471. The van der Waals surface area contributed by atoms with Crippen molar-refractivity contribution in [2.24, 2.45) is 5.92 Å². The third-order valence-electron chi connectivity index (χ3n) is 4.52. The Kier molecular flexibility index (Phi) is 4.98. The van der Waals surface area contributed by atoms with Gasteiger partial charge in [-0.3, -0.25) is 14.6 Å². The lowest BCUT2D eigenvalue weighted by molar-refractivity contribution is 0.0697. The molecule has 0 unspecified atom stereocenters. The van der Waals surface area contributed by atoms with E-state index in [1.165, 1.54) is 38.0 Å². The summed E-state index contributed by atoms with van der Waals surface area (Å²) in [6.45, 7) is 0.759. The summed E-state index contributed by atoms with van der Waals surface area (Å²) in [5.41, 5.74) is -0.190. The van der Waals surface area contributed by atoms with Crippen molar-refractivity contribution in [2.75, 3.05) is 6.54 Å². The van der Waals surface area contributed by atoms with E-state index in [0.717, 1.165) is 12.8 Å². The molecular weight excluding hydrogens is 310 g/mol. The van der Waals surface area contributed by atoms with E-state index in [1.807, 2.05) is 0 Å². The molecule has 2 N–H and O–H groups in total. The molecule has 7 heteroatoms. The molecular formula is C17H21N3O4. The van der Waals surface area contributed by atoms with Gasteiger partial charge in [-0.25, -0.2) is 4.79 Å². The molecule has 2 aromatic heterocycles. The smallest absolute Gasteiger partial charge is 0.325 e. The number of nitrogens with one attached hydrogen (secondary N) is 2. The summed E-state index contributed by atoms with van der Waals surface area (Å²) in [7, 11) is 0. The molecule has 0 atom stereocenters. The monoisotopic (exact) mass is 331 g/mol. The highest BCUT2D eigenvalue weighted by Crippen LogP contribution is 2.25. The van der Waals surface area contributed by atoms with Gasteiger partial charge in [0.15, 0.2) is 0 Å². The lowest BCUT2D eigenvalue weighted by Gasteiger charge is -2.29. The number of nitrogens with zero attached hydrogens (tertiary/aromatic N) is 1. The summed E-state index contributed by atoms with van der Waals surface area (Å²) in [6.07, 6.45) is 10.0. The molecule has 128 valence electrons. The Morgan fingerprint density at radius 1 is 1.25 bits per heavy atom. The molecule has 1 saturated carbocycles. The molecule has 0 saturated heterocycles. The first-order valence-electron chi connectivity index (χ1n) is 8.26. The van der Waals surface area contributed by atoms with Gasteiger partial charge in [0.1, 0.15) is 6.26 Å². The fourth-order valence-electron chi connectivity index (χ4n) is 3.23. The Labute approximate surface area is 138 Å². The molecule has 24 heavy (non-hydrogen) atoms. The van der Waals surface area contributed by atoms with Crippen molar-refractivity contribution in [3.63, 3.8) is 0 Å². The maximum atomic E-state index is 12.7. The Balaban J connectivity index is 1.81. The molecule has 3 rings (SSSR count). The molecule has 7 nitrogen and oxygen atoms in total. The zero-order valence-electron chi connectivity index (χ0n) is 13.4. The van der Waals surface area contributed by atoms with Gasteiger partial charge in [0, 0.05) is 12.7 Å². The summed E-state index contributed by atoms with van der Waals surface area (Å²) in [4.78, 5) is 42.2. The van der Waals surface area contributed by atoms with Crippen molar-refractivity contribution in [1.29, 1.82) is 0 Å². The van der Waals surface area contributed by atoms with Gasteiger partial charge < -0.3 is 14.3 Å². The number of hydrogen-bond acceptors (Lipinski definition) is 4. The SMILES string of the molecule is O=C(c1ccoc1)N(Cc1c[nH]c(=O)[nH]c1=O)CC1CCCCC1. The summed E-state index contributed by atoms with van der Waals surface area (Å²) < 4.78 is 5.00. The molecule has 1 fully saturated rings. The van der Waals surface area contributed by atoms with Crippen molar-refractivity contribution in [3.8, 4) is 0 Å². The Hall–Kier alpha value is -2.57. The molecule has 0 radical (unpaired) electrons. The lowest BCUT2D eigenvalue weighted by Crippen LogP contribution is -2.38. The van der Waals surface area contributed by atoms with E-state index >= 15 is 0 Å². The third kappa shape index (κ3) is 3.84. The Morgan fingerprint density at radius 3 is 2.71 bits per heavy atom. The Bertz CT molecular complexity index is 785. The zero-order chi connectivity index (χ0) is 16.9. The molecule has 0 spiro atoms. The normalized spacial score (nSPS) is 15.3. The van der Waals surface area contributed by atoms with Crippen molar-refractivity contribution in [2.45, 2.75) is 38.6 Å². The van der Waals surface area contributed by atoms with Crippen LogP contribution < -0.4 is 11.2 Å². The molecule has 0 aromatic carbocycles. The second kappa shape index (κ2) is 7.33. The van der Waals surface area contributed by atoms with Crippen LogP contribution in [-0.2, 0) is 6.54 Å². The van der Waals surface area contributed by atoms with E-state index in [-0.39, 0.29) is 12.5 Å². The number of carbonyl (C=O) groups excluding carboxylic acids is 1. The van der Waals surface area contributed by atoms with Crippen LogP contribution in [0.3, 0.4) is 0 Å². The number of hydrogen-bond donors (Lipinski definition) is 2. The quantitative estimate of drug-likeness (QED) is 0.874. The van der Waals surface area contributed by atoms with E-state index in [4.69, 9.17) is 4.42 Å². The van der Waals surface area contributed by atoms with Crippen LogP contribution in [0.15, 0.2) is 38.8 Å². The van der Waals surface area contributed by atoms with Crippen LogP contribution in [0.1, 0.15) is 48.0 Å². The minimum atomic E-state index is -0.552. The minimum absolute atomic E-state index is 0.159. The van der Waals surface area contributed by atoms with E-state index in [9.17, 15) is 14.4 Å². The van der Waals surface area contributed by atoms with Gasteiger partial charge in [-0.05, 0) is 24.8 Å². The van der Waals surface area contributed by atoms with Gasteiger partial charge >= 0.3 is 5.69 Å². The van der Waals surface area contributed by atoms with E-state index in [1.54, 1.807) is 11.0 Å². The summed E-state index contributed by atoms with van der Waals surface area (Å²) in [5, 5.41) is 0. The minimum Gasteiger partial charge on any atom is -0.472 e. The van der Waals surface area contributed by atoms with Crippen molar-refractivity contribution in [3.05, 3.63) is 56.8 Å². The first-order valence-corrected chi connectivity index (χ1v) is 8.26. The topological polar surface area (TPSA) is 99.2 Å². The molecule has 2 aromatic rings. The van der Waals surface area contributed by atoms with Crippen molar-refractivity contribution < 1.29 is 9.21 Å². The number of aromatic nitrogens is 2. The molecule has 2 heterocycles. The van der Waals surface area contributed by atoms with E-state index in [0.29, 0.717) is 23.6 Å². The van der Waals surface area contributed by atoms with Gasteiger partial charge in [0.2, 0.25) is 0 Å². The number of aromatic amines is 2. The number of amides is 1. The average Bonchev–Trinajstić information content (AvgIpc) is 3.11. The maximum Gasteiger partial charge on any atom is 0.325 e. The number of rotatable bonds is 5. The molecule has 1 aliphatic carbocycles. The predicted molar refractivity (Wildman–Crippen MR) is 87.7 cm³/mol. The van der Waals surface area contributed by atoms with Crippen LogP contribution in [-0.4, -0.2) is 27.3 Å². The Morgan fingerprint density at radius 2 is 2.04 bits per heavy atom. The number of carbonyl (C=O) groups is 1. The average molecular weight is 331 g/mol. The highest BCUT2D eigenvalue weighted by Gasteiger charge is 2.23. The summed E-state index contributed by atoms with van der Waals surface area (Å²) in [5.74, 6) is 0.274. The van der Waals surface area contributed by atoms with Gasteiger partial charge in [-0.2, -0.15) is 0 Å². The van der Waals surface area contributed by atoms with Crippen LogP contribution >= 0.6 is 0 Å². The number of furan rings is 1. The van der Waals surface area contributed by atoms with Crippen molar-refractivity contribution >= 4 is 5.91 Å². The highest BCUT2D eigenvalue weighted by atomic mass is 16.3. The maximum absolute atomic E-state index is 12.7. The zero-order valence-corrected chi connectivity index (χ0v) is 13.4. The highest BCUT2D eigenvalue weighted by molar-refractivity contribution is 5.93. The fourth-order valence-corrected chi connectivity index (χ4v) is 3.23. The summed E-state index contributed by atoms with van der Waals surface area (Å²) >= 11 is 0. The van der Waals surface area contributed by atoms with Gasteiger partial charge in [0.25, 0.3) is 11.5 Å². The van der Waals surface area contributed by atoms with Crippen LogP contribution in [0.4, 0.5) is 0 Å². The third-order valence-corrected chi connectivity index (χ3v) is 4.52. The molecule has 1 amide bonds. The van der Waals surface area contributed by atoms with E-state index < -0.39 is 11.2 Å². The molecule has 0 bridgehead atoms. The van der Waals surface area contributed by atoms with Crippen LogP contribution in [0.5, 0.6) is 0 Å². The van der Waals surface area contributed by atoms with Crippen LogP contribution in [0, 0.1) is 5.92 Å². The predicted octanol–water partition coefficient (Wildman–Crippen LogP) is 1.88. The van der Waals surface area contributed by atoms with Crippen LogP contribution in [0.25, 0.3) is 0 Å². The lowest BCUT2D eigenvalue weighted by atomic mass is 9.89. The van der Waals surface area contributed by atoms with E-state index in [2.05, 4.69) is 9.97 Å². The molecule has 1 aliphatic rings. The van der Waals surface area contributed by atoms with Gasteiger partial charge in [-0.15, -0.1) is 0 Å². The first-order chi connectivity index (χ1) is 11.6. The first kappa shape index (κ1) is 16.3. The van der Waals surface area contributed by atoms with Crippen LogP contribution in [0.2, 0.25) is 0 Å². The molecule has 0 aliphatic heterocycles. The number of H-pyrrole nitrogens is 2. The van der Waals surface area contributed by atoms with Gasteiger partial charge in [-0.1, -0.05) is 19.3 Å². The van der Waals surface area contributed by atoms with Gasteiger partial charge in [0.05, 0.1) is 23.9 Å². The second-order valence-corrected chi connectivity index (χ2v) is 6.30.